The van der Waals surface area contributed by atoms with Crippen LogP contribution in [0.3, 0.4) is 0 Å². The van der Waals surface area contributed by atoms with Crippen LogP contribution in [0, 0.1) is 0 Å². The van der Waals surface area contributed by atoms with Crippen LogP contribution >= 0.6 is 0 Å². The molecule has 0 saturated heterocycles. The van der Waals surface area contributed by atoms with Crippen LogP contribution in [0.4, 0.5) is 4.79 Å². The number of amides is 2. The van der Waals surface area contributed by atoms with Crippen molar-refractivity contribution in [2.45, 2.75) is 57.5 Å². The summed E-state index contributed by atoms with van der Waals surface area (Å²) in [6, 6.07) is 15.8. The average Bonchev–Trinajstić information content (AvgIpc) is 3.05. The lowest BCUT2D eigenvalue weighted by Crippen LogP contribution is -2.35. The molecular weight excluding hydrogens is 408 g/mol. The van der Waals surface area contributed by atoms with Crippen molar-refractivity contribution in [2.75, 3.05) is 6.61 Å². The molecule has 0 fully saturated rings. The monoisotopic (exact) mass is 438 g/mol. The molecule has 0 saturated carbocycles. The summed E-state index contributed by atoms with van der Waals surface area (Å²) in [6.07, 6.45) is 0.895. The molecule has 2 amide bonds. The molecule has 1 aliphatic carbocycles. The summed E-state index contributed by atoms with van der Waals surface area (Å²) in [5, 5.41) is 14.2. The van der Waals surface area contributed by atoms with Gasteiger partial charge < -0.3 is 20.5 Å². The summed E-state index contributed by atoms with van der Waals surface area (Å²) in [4.78, 5) is 34.8. The number of nitrogens with one attached hydrogen (secondary N) is 2. The van der Waals surface area contributed by atoms with Crippen molar-refractivity contribution < 1.29 is 24.2 Å². The van der Waals surface area contributed by atoms with Gasteiger partial charge >= 0.3 is 12.1 Å². The van der Waals surface area contributed by atoms with E-state index in [1.807, 2.05) is 31.2 Å². The van der Waals surface area contributed by atoms with Crippen LogP contribution in [0.15, 0.2) is 48.5 Å². The quantitative estimate of drug-likeness (QED) is 0.519. The standard InChI is InChI=1S/C25H30N2O5/c1-16(8-7-13-23(28)26-17(2)14-24(29)30)27-25(31)32-15-22-20-11-5-3-9-18(20)19-10-4-6-12-21(19)22/h3-6,9-12,16-17,22H,7-8,13-15H2,1-2H3,(H,26,28)(H,27,31)(H,29,30). The third-order valence-corrected chi connectivity index (χ3v) is 5.64. The first-order valence-corrected chi connectivity index (χ1v) is 11.0. The first-order chi connectivity index (χ1) is 15.3. The van der Waals surface area contributed by atoms with Crippen molar-refractivity contribution >= 4 is 18.0 Å². The zero-order chi connectivity index (χ0) is 23.1. The highest BCUT2D eigenvalue weighted by atomic mass is 16.5. The number of fused-ring (bicyclic) bond motifs is 3. The molecule has 2 unspecified atom stereocenters. The van der Waals surface area contributed by atoms with Gasteiger partial charge in [0.15, 0.2) is 0 Å². The molecule has 0 aromatic heterocycles. The largest absolute Gasteiger partial charge is 0.481 e. The van der Waals surface area contributed by atoms with Crippen LogP contribution in [0.5, 0.6) is 0 Å². The molecule has 1 aliphatic rings. The minimum atomic E-state index is -0.946. The fourth-order valence-corrected chi connectivity index (χ4v) is 4.14. The molecule has 0 aliphatic heterocycles. The maximum atomic E-state index is 12.3. The van der Waals surface area contributed by atoms with E-state index in [1.165, 1.54) is 11.1 Å². The average molecular weight is 439 g/mol. The molecule has 2 atom stereocenters. The lowest BCUT2D eigenvalue weighted by atomic mass is 9.98. The van der Waals surface area contributed by atoms with Crippen molar-refractivity contribution in [2.24, 2.45) is 0 Å². The lowest BCUT2D eigenvalue weighted by Gasteiger charge is -2.17. The Morgan fingerprint density at radius 1 is 0.938 bits per heavy atom. The molecule has 3 rings (SSSR count). The van der Waals surface area contributed by atoms with E-state index in [2.05, 4.69) is 34.9 Å². The van der Waals surface area contributed by atoms with Crippen LogP contribution in [0.1, 0.15) is 56.6 Å². The highest BCUT2D eigenvalue weighted by Crippen LogP contribution is 2.44. The van der Waals surface area contributed by atoms with Gasteiger partial charge in [-0.1, -0.05) is 48.5 Å². The molecule has 7 heteroatoms. The fraction of sp³-hybridized carbons (Fsp3) is 0.400. The van der Waals surface area contributed by atoms with Gasteiger partial charge in [-0.15, -0.1) is 0 Å². The second-order valence-corrected chi connectivity index (χ2v) is 8.33. The van der Waals surface area contributed by atoms with E-state index in [-0.39, 0.29) is 37.3 Å². The van der Waals surface area contributed by atoms with Crippen LogP contribution in [-0.4, -0.2) is 41.8 Å². The first-order valence-electron chi connectivity index (χ1n) is 11.0. The SMILES string of the molecule is CC(CC(=O)O)NC(=O)CCCC(C)NC(=O)OCC1c2ccccc2-c2ccccc21. The minimum Gasteiger partial charge on any atom is -0.481 e. The van der Waals surface area contributed by atoms with E-state index < -0.39 is 18.1 Å². The van der Waals surface area contributed by atoms with Crippen LogP contribution in [0.25, 0.3) is 11.1 Å². The topological polar surface area (TPSA) is 105 Å². The number of hydrogen-bond donors (Lipinski definition) is 3. The number of alkyl carbamates (subject to hydrolysis) is 1. The van der Waals surface area contributed by atoms with E-state index in [4.69, 9.17) is 9.84 Å². The zero-order valence-electron chi connectivity index (χ0n) is 18.5. The molecule has 32 heavy (non-hydrogen) atoms. The molecule has 0 heterocycles. The number of rotatable bonds is 10. The number of aliphatic carboxylic acids is 1. The number of carbonyl (C=O) groups is 3. The summed E-state index contributed by atoms with van der Waals surface area (Å²) in [7, 11) is 0. The van der Waals surface area contributed by atoms with Crippen molar-refractivity contribution in [3.8, 4) is 11.1 Å². The van der Waals surface area contributed by atoms with Crippen LogP contribution < -0.4 is 10.6 Å². The number of carboxylic acid groups (broad SMARTS) is 1. The van der Waals surface area contributed by atoms with Crippen LogP contribution in [0.2, 0.25) is 0 Å². The molecule has 0 radical (unpaired) electrons. The van der Waals surface area contributed by atoms with Gasteiger partial charge in [0.1, 0.15) is 6.61 Å². The number of hydrogen-bond acceptors (Lipinski definition) is 4. The summed E-state index contributed by atoms with van der Waals surface area (Å²) in [6.45, 7) is 3.79. The number of ether oxygens (including phenoxy) is 1. The zero-order valence-corrected chi connectivity index (χ0v) is 18.5. The Kier molecular flexibility index (Phi) is 7.87. The maximum Gasteiger partial charge on any atom is 0.407 e. The maximum absolute atomic E-state index is 12.3. The second kappa shape index (κ2) is 10.8. The molecular formula is C25H30N2O5. The van der Waals surface area contributed by atoms with Gasteiger partial charge in [-0.05, 0) is 48.9 Å². The fourth-order valence-electron chi connectivity index (χ4n) is 4.14. The van der Waals surface area contributed by atoms with Gasteiger partial charge in [0.2, 0.25) is 5.91 Å². The Labute approximate surface area is 188 Å². The molecule has 170 valence electrons. The van der Waals surface area contributed by atoms with E-state index >= 15 is 0 Å². The third-order valence-electron chi connectivity index (χ3n) is 5.64. The summed E-state index contributed by atoms with van der Waals surface area (Å²) in [5.74, 6) is -1.12. The summed E-state index contributed by atoms with van der Waals surface area (Å²) < 4.78 is 5.54. The second-order valence-electron chi connectivity index (χ2n) is 8.33. The normalized spacial score (nSPS) is 14.1. The van der Waals surface area contributed by atoms with Crippen molar-refractivity contribution in [1.82, 2.24) is 10.6 Å². The van der Waals surface area contributed by atoms with E-state index in [1.54, 1.807) is 6.92 Å². The molecule has 2 aromatic carbocycles. The molecule has 2 aromatic rings. The number of carboxylic acids is 1. The number of carbonyl (C=O) groups excluding carboxylic acids is 2. The first kappa shape index (κ1) is 23.3. The van der Waals surface area contributed by atoms with Gasteiger partial charge in [-0.3, -0.25) is 9.59 Å². The molecule has 0 spiro atoms. The molecule has 7 nitrogen and oxygen atoms in total. The van der Waals surface area contributed by atoms with Crippen LogP contribution in [-0.2, 0) is 14.3 Å². The Balaban J connectivity index is 1.42. The smallest absolute Gasteiger partial charge is 0.407 e. The van der Waals surface area contributed by atoms with Crippen molar-refractivity contribution in [3.05, 3.63) is 59.7 Å². The Bertz CT molecular complexity index is 929. The van der Waals surface area contributed by atoms with Gasteiger partial charge in [0.05, 0.1) is 6.42 Å². The summed E-state index contributed by atoms with van der Waals surface area (Å²) >= 11 is 0. The molecule has 3 N–H and O–H groups in total. The van der Waals surface area contributed by atoms with Crippen molar-refractivity contribution in [3.63, 3.8) is 0 Å². The third kappa shape index (κ3) is 6.09. The highest BCUT2D eigenvalue weighted by molar-refractivity contribution is 5.79. The van der Waals surface area contributed by atoms with Crippen molar-refractivity contribution in [1.29, 1.82) is 0 Å². The van der Waals surface area contributed by atoms with Gasteiger partial charge in [0, 0.05) is 24.4 Å². The Hall–Kier alpha value is -3.35. The van der Waals surface area contributed by atoms with E-state index in [0.717, 1.165) is 11.1 Å². The van der Waals surface area contributed by atoms with Gasteiger partial charge in [-0.25, -0.2) is 4.79 Å². The highest BCUT2D eigenvalue weighted by Gasteiger charge is 2.29. The Morgan fingerprint density at radius 3 is 2.12 bits per heavy atom. The van der Waals surface area contributed by atoms with E-state index in [0.29, 0.717) is 12.8 Å². The minimum absolute atomic E-state index is 0.0138. The summed E-state index contributed by atoms with van der Waals surface area (Å²) in [5.41, 5.74) is 4.69. The predicted octanol–water partition coefficient (Wildman–Crippen LogP) is 4.06. The van der Waals surface area contributed by atoms with Gasteiger partial charge in [-0.2, -0.15) is 0 Å². The number of benzene rings is 2. The molecule has 0 bridgehead atoms. The Morgan fingerprint density at radius 2 is 1.53 bits per heavy atom. The van der Waals surface area contributed by atoms with E-state index in [9.17, 15) is 14.4 Å². The van der Waals surface area contributed by atoms with Gasteiger partial charge in [0.25, 0.3) is 0 Å². The predicted molar refractivity (Wildman–Crippen MR) is 121 cm³/mol. The lowest BCUT2D eigenvalue weighted by molar-refractivity contribution is -0.137.